The van der Waals surface area contributed by atoms with E-state index in [2.05, 4.69) is 27.7 Å². The van der Waals surface area contributed by atoms with Gasteiger partial charge in [-0.25, -0.2) is 0 Å². The van der Waals surface area contributed by atoms with Crippen LogP contribution in [0.3, 0.4) is 0 Å². The lowest BCUT2D eigenvalue weighted by Gasteiger charge is -2.37. The molecule has 0 saturated carbocycles. The second-order valence-electron chi connectivity index (χ2n) is 4.13. The van der Waals surface area contributed by atoms with Crippen molar-refractivity contribution in [2.75, 3.05) is 26.2 Å². The summed E-state index contributed by atoms with van der Waals surface area (Å²) >= 11 is 0. The van der Waals surface area contributed by atoms with Crippen LogP contribution in [0, 0.1) is 0 Å². The highest BCUT2D eigenvalue weighted by molar-refractivity contribution is 5.75. The minimum atomic E-state index is 0. The Morgan fingerprint density at radius 2 is 1.07 bits per heavy atom. The first-order chi connectivity index (χ1) is 6.24. The molecule has 0 aromatic heterocycles. The fraction of sp³-hybridized carbons (Fsp3) is 1.00. The standard InChI is InChI=1S/C12H28N.BH3/c1-5-9-11-13(7-3,8-4)12-10-6-2;/h5-12H2,1-4H3;1H3/q+1;. The Bertz CT molecular complexity index is 101. The molecule has 0 atom stereocenters. The zero-order valence-corrected chi connectivity index (χ0v) is 10.1. The molecule has 0 aromatic carbocycles. The van der Waals surface area contributed by atoms with E-state index in [0.29, 0.717) is 0 Å². The number of rotatable bonds is 8. The molecule has 0 radical (unpaired) electrons. The predicted molar refractivity (Wildman–Crippen MR) is 70.8 cm³/mol. The Balaban J connectivity index is 0. The first-order valence-electron chi connectivity index (χ1n) is 6.09. The van der Waals surface area contributed by atoms with Gasteiger partial charge >= 0.3 is 0 Å². The molecular formula is C12H31BN+. The van der Waals surface area contributed by atoms with E-state index in [1.807, 2.05) is 0 Å². The molecule has 14 heavy (non-hydrogen) atoms. The summed E-state index contributed by atoms with van der Waals surface area (Å²) in [5.41, 5.74) is 0. The van der Waals surface area contributed by atoms with Crippen LogP contribution in [0.15, 0.2) is 0 Å². The zero-order chi connectivity index (χ0) is 10.2. The van der Waals surface area contributed by atoms with Crippen LogP contribution in [0.5, 0.6) is 0 Å². The molecule has 0 saturated heterocycles. The van der Waals surface area contributed by atoms with Crippen molar-refractivity contribution in [3.63, 3.8) is 0 Å². The Morgan fingerprint density at radius 3 is 1.29 bits per heavy atom. The molecule has 0 fully saturated rings. The molecular weight excluding hydrogens is 169 g/mol. The monoisotopic (exact) mass is 200 g/mol. The van der Waals surface area contributed by atoms with Gasteiger partial charge in [0.05, 0.1) is 34.6 Å². The van der Waals surface area contributed by atoms with Gasteiger partial charge in [0.1, 0.15) is 0 Å². The molecule has 0 aliphatic carbocycles. The predicted octanol–water partition coefficient (Wildman–Crippen LogP) is 2.26. The van der Waals surface area contributed by atoms with Crippen LogP contribution in [0.4, 0.5) is 0 Å². The average Bonchev–Trinajstić information content (AvgIpc) is 2.20. The van der Waals surface area contributed by atoms with Crippen LogP contribution >= 0.6 is 0 Å². The Hall–Kier alpha value is 0.0249. The van der Waals surface area contributed by atoms with Gasteiger partial charge in [0.15, 0.2) is 0 Å². The maximum absolute atomic E-state index is 2.34. The summed E-state index contributed by atoms with van der Waals surface area (Å²) < 4.78 is 1.35. The Kier molecular flexibility index (Phi) is 11.3. The quantitative estimate of drug-likeness (QED) is 0.416. The van der Waals surface area contributed by atoms with Gasteiger partial charge in [-0.05, 0) is 26.7 Å². The van der Waals surface area contributed by atoms with Crippen molar-refractivity contribution in [2.24, 2.45) is 0 Å². The number of quaternary nitrogens is 1. The number of hydrogen-bond acceptors (Lipinski definition) is 0. The van der Waals surface area contributed by atoms with Gasteiger partial charge in [-0.3, -0.25) is 0 Å². The van der Waals surface area contributed by atoms with Crippen LogP contribution in [-0.2, 0) is 0 Å². The summed E-state index contributed by atoms with van der Waals surface area (Å²) in [6.07, 6.45) is 5.47. The Morgan fingerprint density at radius 1 is 0.714 bits per heavy atom. The Labute approximate surface area is 93.0 Å². The highest BCUT2D eigenvalue weighted by atomic mass is 15.3. The van der Waals surface area contributed by atoms with E-state index < -0.39 is 0 Å². The summed E-state index contributed by atoms with van der Waals surface area (Å²) in [6.45, 7) is 14.7. The lowest BCUT2D eigenvalue weighted by atomic mass is 10.2. The molecule has 0 aliphatic rings. The summed E-state index contributed by atoms with van der Waals surface area (Å²) in [5, 5.41) is 0. The van der Waals surface area contributed by atoms with Crippen molar-refractivity contribution >= 4 is 8.41 Å². The fourth-order valence-electron chi connectivity index (χ4n) is 1.95. The van der Waals surface area contributed by atoms with E-state index in [1.165, 1.54) is 56.3 Å². The molecule has 0 amide bonds. The van der Waals surface area contributed by atoms with Crippen LogP contribution in [0.25, 0.3) is 0 Å². The molecule has 0 heterocycles. The van der Waals surface area contributed by atoms with Crippen LogP contribution in [0.2, 0.25) is 0 Å². The van der Waals surface area contributed by atoms with Crippen molar-refractivity contribution in [3.8, 4) is 0 Å². The largest absolute Gasteiger partial charge is 0.324 e. The van der Waals surface area contributed by atoms with Crippen LogP contribution < -0.4 is 0 Å². The molecule has 0 bridgehead atoms. The molecule has 0 aliphatic heterocycles. The third kappa shape index (κ3) is 5.69. The molecule has 1 nitrogen and oxygen atoms in total. The topological polar surface area (TPSA) is 0 Å². The van der Waals surface area contributed by atoms with E-state index in [4.69, 9.17) is 0 Å². The molecule has 0 unspecified atom stereocenters. The lowest BCUT2D eigenvalue weighted by molar-refractivity contribution is -0.925. The minimum absolute atomic E-state index is 0. The van der Waals surface area contributed by atoms with Gasteiger partial charge in [0.25, 0.3) is 0 Å². The van der Waals surface area contributed by atoms with Crippen molar-refractivity contribution in [3.05, 3.63) is 0 Å². The lowest BCUT2D eigenvalue weighted by Crippen LogP contribution is -2.49. The van der Waals surface area contributed by atoms with Gasteiger partial charge in [0.2, 0.25) is 0 Å². The summed E-state index contributed by atoms with van der Waals surface area (Å²) in [6, 6.07) is 0. The number of hydrogen-bond donors (Lipinski definition) is 0. The first-order valence-corrected chi connectivity index (χ1v) is 6.09. The third-order valence-corrected chi connectivity index (χ3v) is 3.31. The van der Waals surface area contributed by atoms with Crippen molar-refractivity contribution in [2.45, 2.75) is 53.4 Å². The van der Waals surface area contributed by atoms with Crippen molar-refractivity contribution < 1.29 is 4.48 Å². The zero-order valence-electron chi connectivity index (χ0n) is 10.1. The summed E-state index contributed by atoms with van der Waals surface area (Å²) in [5.74, 6) is 0. The molecule has 86 valence electrons. The van der Waals surface area contributed by atoms with E-state index >= 15 is 0 Å². The van der Waals surface area contributed by atoms with Gasteiger partial charge in [0, 0.05) is 0 Å². The second-order valence-corrected chi connectivity index (χ2v) is 4.13. The van der Waals surface area contributed by atoms with Gasteiger partial charge in [-0.15, -0.1) is 0 Å². The third-order valence-electron chi connectivity index (χ3n) is 3.31. The first kappa shape index (κ1) is 16.5. The highest BCUT2D eigenvalue weighted by Crippen LogP contribution is 2.11. The van der Waals surface area contributed by atoms with E-state index in [1.54, 1.807) is 0 Å². The normalized spacial score (nSPS) is 11.1. The fourth-order valence-corrected chi connectivity index (χ4v) is 1.95. The maximum atomic E-state index is 2.34. The van der Waals surface area contributed by atoms with E-state index in [9.17, 15) is 0 Å². The average molecular weight is 200 g/mol. The molecule has 0 spiro atoms. The van der Waals surface area contributed by atoms with E-state index in [0.717, 1.165) is 0 Å². The molecule has 0 N–H and O–H groups in total. The highest BCUT2D eigenvalue weighted by Gasteiger charge is 2.20. The van der Waals surface area contributed by atoms with Gasteiger partial charge in [-0.2, -0.15) is 0 Å². The van der Waals surface area contributed by atoms with E-state index in [-0.39, 0.29) is 8.41 Å². The number of nitrogens with zero attached hydrogens (tertiary/aromatic N) is 1. The summed E-state index contributed by atoms with van der Waals surface area (Å²) in [7, 11) is 0. The second kappa shape index (κ2) is 9.58. The molecule has 0 aromatic rings. The molecule has 0 rings (SSSR count). The molecule has 2 heteroatoms. The van der Waals surface area contributed by atoms with Gasteiger partial charge < -0.3 is 4.48 Å². The maximum Gasteiger partial charge on any atom is 0.0814 e. The SMILES string of the molecule is B.CCCC[N+](CC)(CC)CCCC. The smallest absolute Gasteiger partial charge is 0.0814 e. The van der Waals surface area contributed by atoms with Crippen molar-refractivity contribution in [1.82, 2.24) is 0 Å². The number of unbranched alkanes of at least 4 members (excludes halogenated alkanes) is 2. The van der Waals surface area contributed by atoms with Crippen molar-refractivity contribution in [1.29, 1.82) is 0 Å². The summed E-state index contributed by atoms with van der Waals surface area (Å²) in [4.78, 5) is 0. The van der Waals surface area contributed by atoms with Gasteiger partial charge in [-0.1, -0.05) is 26.7 Å². The minimum Gasteiger partial charge on any atom is -0.324 e. The van der Waals surface area contributed by atoms with Crippen LogP contribution in [-0.4, -0.2) is 39.1 Å². The van der Waals surface area contributed by atoms with Crippen LogP contribution in [0.1, 0.15) is 53.4 Å².